The number of hydrogen-bond donors (Lipinski definition) is 0. The molecule has 1 aromatic carbocycles. The van der Waals surface area contributed by atoms with E-state index in [1.807, 2.05) is 13.8 Å². The minimum Gasteiger partial charge on any atom is -0.611 e. The fourth-order valence-electron chi connectivity index (χ4n) is 0.974. The third-order valence-corrected chi connectivity index (χ3v) is 3.30. The first kappa shape index (κ1) is 11.0. The highest BCUT2D eigenvalue weighted by Crippen LogP contribution is 2.19. The van der Waals surface area contributed by atoms with Gasteiger partial charge in [0, 0.05) is 12.1 Å². The zero-order chi connectivity index (χ0) is 10.7. The fraction of sp³-hybridized carbons (Fsp3) is 0.333. The summed E-state index contributed by atoms with van der Waals surface area (Å²) in [6.07, 6.45) is 0. The number of non-ortho nitro benzene ring substituents is 1. The second-order valence-electron chi connectivity index (χ2n) is 3.10. The number of rotatable bonds is 3. The highest BCUT2D eigenvalue weighted by Gasteiger charge is 2.16. The zero-order valence-corrected chi connectivity index (χ0v) is 8.78. The van der Waals surface area contributed by atoms with Gasteiger partial charge in [0.2, 0.25) is 0 Å². The van der Waals surface area contributed by atoms with Gasteiger partial charge in [-0.1, -0.05) is 0 Å². The van der Waals surface area contributed by atoms with Gasteiger partial charge in [-0.05, 0) is 37.2 Å². The van der Waals surface area contributed by atoms with E-state index in [0.717, 1.165) is 0 Å². The van der Waals surface area contributed by atoms with Crippen molar-refractivity contribution in [2.45, 2.75) is 24.0 Å². The molecule has 76 valence electrons. The van der Waals surface area contributed by atoms with E-state index in [-0.39, 0.29) is 10.9 Å². The van der Waals surface area contributed by atoms with Crippen molar-refractivity contribution in [1.82, 2.24) is 0 Å². The van der Waals surface area contributed by atoms with Crippen molar-refractivity contribution in [3.63, 3.8) is 0 Å². The Balaban J connectivity index is 2.88. The topological polar surface area (TPSA) is 66.2 Å². The van der Waals surface area contributed by atoms with Crippen molar-refractivity contribution < 1.29 is 9.48 Å². The second kappa shape index (κ2) is 4.43. The molecule has 1 atom stereocenters. The number of hydrogen-bond acceptors (Lipinski definition) is 3. The Morgan fingerprint density at radius 2 is 1.79 bits per heavy atom. The lowest BCUT2D eigenvalue weighted by Gasteiger charge is -2.13. The van der Waals surface area contributed by atoms with Crippen LogP contribution in [0.5, 0.6) is 0 Å². The molecule has 0 fully saturated rings. The van der Waals surface area contributed by atoms with Gasteiger partial charge in [-0.2, -0.15) is 0 Å². The van der Waals surface area contributed by atoms with E-state index in [9.17, 15) is 14.7 Å². The van der Waals surface area contributed by atoms with Crippen molar-refractivity contribution in [3.05, 3.63) is 34.4 Å². The highest BCUT2D eigenvalue weighted by atomic mass is 32.2. The summed E-state index contributed by atoms with van der Waals surface area (Å²) in [5.41, 5.74) is 0.0227. The molecular formula is C9H11NO3S. The van der Waals surface area contributed by atoms with Crippen LogP contribution in [0.1, 0.15) is 13.8 Å². The minimum atomic E-state index is -1.08. The maximum atomic E-state index is 11.6. The predicted octanol–water partition coefficient (Wildman–Crippen LogP) is 2.11. The molecule has 0 bridgehead atoms. The van der Waals surface area contributed by atoms with Crippen molar-refractivity contribution in [2.24, 2.45) is 0 Å². The van der Waals surface area contributed by atoms with Crippen LogP contribution in [0, 0.1) is 10.1 Å². The molecule has 5 heteroatoms. The van der Waals surface area contributed by atoms with Crippen LogP contribution in [0.15, 0.2) is 29.2 Å². The van der Waals surface area contributed by atoms with Crippen molar-refractivity contribution in [1.29, 1.82) is 0 Å². The number of nitro benzene ring substituents is 1. The molecule has 0 saturated carbocycles. The molecule has 0 N–H and O–H groups in total. The molecule has 4 nitrogen and oxygen atoms in total. The summed E-state index contributed by atoms with van der Waals surface area (Å²) in [4.78, 5) is 10.5. The van der Waals surface area contributed by atoms with Crippen LogP contribution in [-0.2, 0) is 11.2 Å². The summed E-state index contributed by atoms with van der Waals surface area (Å²) >= 11 is -1.08. The molecular weight excluding hydrogens is 202 g/mol. The van der Waals surface area contributed by atoms with Crippen molar-refractivity contribution in [3.8, 4) is 0 Å². The third kappa shape index (κ3) is 2.46. The Bertz CT molecular complexity index is 323. The van der Waals surface area contributed by atoms with Gasteiger partial charge >= 0.3 is 0 Å². The first-order valence-corrected chi connectivity index (χ1v) is 5.38. The molecule has 1 unspecified atom stereocenters. The molecule has 0 radical (unpaired) electrons. The van der Waals surface area contributed by atoms with E-state index >= 15 is 0 Å². The summed E-state index contributed by atoms with van der Waals surface area (Å²) in [5.74, 6) is 0. The van der Waals surface area contributed by atoms with Gasteiger partial charge < -0.3 is 4.55 Å². The van der Waals surface area contributed by atoms with Gasteiger partial charge in [-0.3, -0.25) is 10.1 Å². The largest absolute Gasteiger partial charge is 0.611 e. The van der Waals surface area contributed by atoms with E-state index in [0.29, 0.717) is 4.90 Å². The molecule has 0 aliphatic rings. The Morgan fingerprint density at radius 3 is 2.14 bits per heavy atom. The van der Waals surface area contributed by atoms with Crippen LogP contribution in [-0.4, -0.2) is 14.7 Å². The van der Waals surface area contributed by atoms with Gasteiger partial charge in [-0.15, -0.1) is 0 Å². The third-order valence-electron chi connectivity index (χ3n) is 1.71. The van der Waals surface area contributed by atoms with Gasteiger partial charge in [0.05, 0.1) is 4.92 Å². The van der Waals surface area contributed by atoms with Crippen LogP contribution < -0.4 is 0 Å². The maximum absolute atomic E-state index is 11.6. The lowest BCUT2D eigenvalue weighted by atomic mass is 10.3. The second-order valence-corrected chi connectivity index (χ2v) is 5.11. The Labute approximate surface area is 85.3 Å². The van der Waals surface area contributed by atoms with Crippen LogP contribution in [0.4, 0.5) is 5.69 Å². The monoisotopic (exact) mass is 213 g/mol. The van der Waals surface area contributed by atoms with Crippen LogP contribution in [0.2, 0.25) is 0 Å². The molecule has 1 aromatic rings. The summed E-state index contributed by atoms with van der Waals surface area (Å²) < 4.78 is 11.6. The molecule has 14 heavy (non-hydrogen) atoms. The summed E-state index contributed by atoms with van der Waals surface area (Å²) in [6, 6.07) is 5.81. The molecule has 1 rings (SSSR count). The Hall–Kier alpha value is -1.07. The maximum Gasteiger partial charge on any atom is 0.269 e. The fourth-order valence-corrected chi connectivity index (χ4v) is 1.92. The van der Waals surface area contributed by atoms with Crippen molar-refractivity contribution >= 4 is 16.9 Å². The highest BCUT2D eigenvalue weighted by molar-refractivity contribution is 7.92. The van der Waals surface area contributed by atoms with E-state index < -0.39 is 16.1 Å². The van der Waals surface area contributed by atoms with Crippen LogP contribution in [0.25, 0.3) is 0 Å². The van der Waals surface area contributed by atoms with Gasteiger partial charge in [0.25, 0.3) is 5.69 Å². The van der Waals surface area contributed by atoms with Gasteiger partial charge in [-0.25, -0.2) is 0 Å². The Kier molecular flexibility index (Phi) is 3.49. The molecule has 0 saturated heterocycles. The first-order valence-electron chi connectivity index (χ1n) is 4.17. The summed E-state index contributed by atoms with van der Waals surface area (Å²) in [5, 5.41) is 10.4. The lowest BCUT2D eigenvalue weighted by Crippen LogP contribution is -2.13. The smallest absolute Gasteiger partial charge is 0.269 e. The molecule has 0 aliphatic carbocycles. The summed E-state index contributed by atoms with van der Waals surface area (Å²) in [6.45, 7) is 3.69. The number of nitrogens with zero attached hydrogens (tertiary/aromatic N) is 1. The van der Waals surface area contributed by atoms with Crippen LogP contribution >= 0.6 is 0 Å². The van der Waals surface area contributed by atoms with E-state index in [4.69, 9.17) is 0 Å². The van der Waals surface area contributed by atoms with E-state index in [1.54, 1.807) is 0 Å². The standard InChI is InChI=1S/C9H11NO3S/c1-7(2)14(13)9-5-3-8(4-6-9)10(11)12/h3-7H,1-2H3. The van der Waals surface area contributed by atoms with Gasteiger partial charge in [0.1, 0.15) is 5.25 Å². The molecule has 0 spiro atoms. The van der Waals surface area contributed by atoms with Gasteiger partial charge in [0.15, 0.2) is 4.90 Å². The molecule has 0 aliphatic heterocycles. The SMILES string of the molecule is CC(C)[S+]([O-])c1ccc([N+](=O)[O-])cc1. The normalized spacial score (nSPS) is 12.9. The zero-order valence-electron chi connectivity index (χ0n) is 7.97. The number of benzene rings is 1. The molecule has 0 amide bonds. The van der Waals surface area contributed by atoms with E-state index in [2.05, 4.69) is 0 Å². The molecule has 0 heterocycles. The average Bonchev–Trinajstić information content (AvgIpc) is 2.16. The number of nitro groups is 1. The van der Waals surface area contributed by atoms with Crippen molar-refractivity contribution in [2.75, 3.05) is 0 Å². The van der Waals surface area contributed by atoms with Crippen LogP contribution in [0.3, 0.4) is 0 Å². The minimum absolute atomic E-state index is 0.0227. The summed E-state index contributed by atoms with van der Waals surface area (Å²) in [7, 11) is 0. The predicted molar refractivity (Wildman–Crippen MR) is 54.6 cm³/mol. The lowest BCUT2D eigenvalue weighted by molar-refractivity contribution is -0.384. The quantitative estimate of drug-likeness (QED) is 0.438. The average molecular weight is 213 g/mol. The van der Waals surface area contributed by atoms with E-state index in [1.165, 1.54) is 24.3 Å². The Morgan fingerprint density at radius 1 is 1.29 bits per heavy atom. The first-order chi connectivity index (χ1) is 6.52. The molecule has 0 aromatic heterocycles.